The van der Waals surface area contributed by atoms with Gasteiger partial charge in [-0.05, 0) is 12.1 Å². The SMILES string of the molecule is NC(COC(=O)O)c1ccccn1. The number of aromatic nitrogens is 1. The van der Waals surface area contributed by atoms with Crippen LogP contribution in [-0.4, -0.2) is 22.9 Å². The lowest BCUT2D eigenvalue weighted by atomic mass is 10.2. The van der Waals surface area contributed by atoms with Crippen LogP contribution < -0.4 is 5.73 Å². The Morgan fingerprint density at radius 3 is 3.00 bits per heavy atom. The molecule has 0 fully saturated rings. The molecule has 5 nitrogen and oxygen atoms in total. The smallest absolute Gasteiger partial charge is 0.450 e. The van der Waals surface area contributed by atoms with Gasteiger partial charge in [-0.1, -0.05) is 6.07 Å². The van der Waals surface area contributed by atoms with Gasteiger partial charge in [-0.3, -0.25) is 4.98 Å². The summed E-state index contributed by atoms with van der Waals surface area (Å²) in [7, 11) is 0. The normalized spacial score (nSPS) is 12.1. The number of pyridine rings is 1. The van der Waals surface area contributed by atoms with Crippen LogP contribution in [0.1, 0.15) is 11.7 Å². The summed E-state index contributed by atoms with van der Waals surface area (Å²) >= 11 is 0. The molecule has 0 saturated heterocycles. The van der Waals surface area contributed by atoms with E-state index in [9.17, 15) is 4.79 Å². The Kier molecular flexibility index (Phi) is 3.22. The summed E-state index contributed by atoms with van der Waals surface area (Å²) < 4.78 is 4.31. The number of hydrogen-bond donors (Lipinski definition) is 2. The lowest BCUT2D eigenvalue weighted by molar-refractivity contribution is 0.0859. The molecule has 1 unspecified atom stereocenters. The first-order chi connectivity index (χ1) is 6.20. The third-order valence-electron chi connectivity index (χ3n) is 1.45. The first kappa shape index (κ1) is 9.47. The Balaban J connectivity index is 2.49. The number of carbonyl (C=O) groups is 1. The van der Waals surface area contributed by atoms with Gasteiger partial charge in [0.1, 0.15) is 6.61 Å². The van der Waals surface area contributed by atoms with Gasteiger partial charge in [0.25, 0.3) is 0 Å². The molecule has 0 amide bonds. The zero-order chi connectivity index (χ0) is 9.68. The predicted octanol–water partition coefficient (Wildman–Crippen LogP) is 0.776. The molecule has 0 aliphatic heterocycles. The van der Waals surface area contributed by atoms with Crippen LogP contribution in [0.2, 0.25) is 0 Å². The van der Waals surface area contributed by atoms with Crippen molar-refractivity contribution in [2.24, 2.45) is 5.73 Å². The second kappa shape index (κ2) is 4.42. The highest BCUT2D eigenvalue weighted by Crippen LogP contribution is 2.05. The van der Waals surface area contributed by atoms with Crippen molar-refractivity contribution in [3.8, 4) is 0 Å². The minimum absolute atomic E-state index is 0.0770. The van der Waals surface area contributed by atoms with Crippen LogP contribution in [0.3, 0.4) is 0 Å². The van der Waals surface area contributed by atoms with E-state index in [-0.39, 0.29) is 6.61 Å². The standard InChI is InChI=1S/C8H10N2O3/c9-6(5-13-8(11)12)7-3-1-2-4-10-7/h1-4,6H,5,9H2,(H,11,12). The molecule has 1 aromatic heterocycles. The first-order valence-corrected chi connectivity index (χ1v) is 3.72. The lowest BCUT2D eigenvalue weighted by Crippen LogP contribution is -2.19. The molecule has 1 aromatic rings. The Hall–Kier alpha value is -1.62. The molecule has 5 heteroatoms. The molecule has 0 aliphatic carbocycles. The highest BCUT2D eigenvalue weighted by molar-refractivity contribution is 5.56. The highest BCUT2D eigenvalue weighted by atomic mass is 16.7. The van der Waals surface area contributed by atoms with E-state index < -0.39 is 12.2 Å². The van der Waals surface area contributed by atoms with Gasteiger partial charge in [-0.15, -0.1) is 0 Å². The van der Waals surface area contributed by atoms with Gasteiger partial charge in [0, 0.05) is 6.20 Å². The van der Waals surface area contributed by atoms with Crippen LogP contribution in [0.4, 0.5) is 4.79 Å². The quantitative estimate of drug-likeness (QED) is 0.674. The Labute approximate surface area is 75.2 Å². The second-order valence-corrected chi connectivity index (χ2v) is 2.44. The first-order valence-electron chi connectivity index (χ1n) is 3.72. The monoisotopic (exact) mass is 182 g/mol. The van der Waals surface area contributed by atoms with E-state index in [0.29, 0.717) is 5.69 Å². The van der Waals surface area contributed by atoms with E-state index in [1.165, 1.54) is 0 Å². The molecular formula is C8H10N2O3. The van der Waals surface area contributed by atoms with Gasteiger partial charge in [0.15, 0.2) is 0 Å². The molecule has 0 radical (unpaired) electrons. The van der Waals surface area contributed by atoms with E-state index >= 15 is 0 Å². The average Bonchev–Trinajstić information content (AvgIpc) is 2.15. The van der Waals surface area contributed by atoms with Crippen molar-refractivity contribution in [1.29, 1.82) is 0 Å². The van der Waals surface area contributed by atoms with Crippen molar-refractivity contribution in [3.05, 3.63) is 30.1 Å². The number of ether oxygens (including phenoxy) is 1. The van der Waals surface area contributed by atoms with Crippen molar-refractivity contribution >= 4 is 6.16 Å². The molecule has 0 aliphatic rings. The largest absolute Gasteiger partial charge is 0.505 e. The molecule has 1 atom stereocenters. The van der Waals surface area contributed by atoms with Gasteiger partial charge in [-0.25, -0.2) is 4.79 Å². The van der Waals surface area contributed by atoms with Crippen LogP contribution in [0.25, 0.3) is 0 Å². The van der Waals surface area contributed by atoms with E-state index in [4.69, 9.17) is 10.8 Å². The summed E-state index contributed by atoms with van der Waals surface area (Å²) in [4.78, 5) is 14.0. The molecule has 70 valence electrons. The maximum Gasteiger partial charge on any atom is 0.505 e. The summed E-state index contributed by atoms with van der Waals surface area (Å²) in [6.45, 7) is -0.0770. The number of nitrogens with zero attached hydrogens (tertiary/aromatic N) is 1. The summed E-state index contributed by atoms with van der Waals surface area (Å²) in [5.41, 5.74) is 6.21. The van der Waals surface area contributed by atoms with Crippen LogP contribution in [0.5, 0.6) is 0 Å². The zero-order valence-electron chi connectivity index (χ0n) is 6.88. The van der Waals surface area contributed by atoms with Crippen LogP contribution in [0.15, 0.2) is 24.4 Å². The molecular weight excluding hydrogens is 172 g/mol. The summed E-state index contributed by atoms with van der Waals surface area (Å²) in [5.74, 6) is 0. The second-order valence-electron chi connectivity index (χ2n) is 2.44. The Morgan fingerprint density at radius 2 is 2.46 bits per heavy atom. The van der Waals surface area contributed by atoms with Crippen molar-refractivity contribution in [3.63, 3.8) is 0 Å². The predicted molar refractivity (Wildman–Crippen MR) is 45.1 cm³/mol. The molecule has 0 bridgehead atoms. The van der Waals surface area contributed by atoms with Crippen molar-refractivity contribution in [2.75, 3.05) is 6.61 Å². The number of rotatable bonds is 3. The van der Waals surface area contributed by atoms with Gasteiger partial charge in [0.05, 0.1) is 11.7 Å². The fourth-order valence-electron chi connectivity index (χ4n) is 0.842. The number of hydrogen-bond acceptors (Lipinski definition) is 4. The molecule has 0 aromatic carbocycles. The van der Waals surface area contributed by atoms with Crippen molar-refractivity contribution in [2.45, 2.75) is 6.04 Å². The van der Waals surface area contributed by atoms with Crippen LogP contribution in [-0.2, 0) is 4.74 Å². The Morgan fingerprint density at radius 1 is 1.69 bits per heavy atom. The molecule has 1 rings (SSSR count). The van der Waals surface area contributed by atoms with E-state index in [1.54, 1.807) is 24.4 Å². The summed E-state index contributed by atoms with van der Waals surface area (Å²) in [6.07, 6.45) is 0.266. The summed E-state index contributed by atoms with van der Waals surface area (Å²) in [5, 5.41) is 8.21. The highest BCUT2D eigenvalue weighted by Gasteiger charge is 2.08. The number of nitrogens with two attached hydrogens (primary N) is 1. The zero-order valence-corrected chi connectivity index (χ0v) is 6.88. The Bertz CT molecular complexity index is 276. The fourth-order valence-corrected chi connectivity index (χ4v) is 0.842. The molecule has 0 spiro atoms. The number of carboxylic acid groups (broad SMARTS) is 1. The summed E-state index contributed by atoms with van der Waals surface area (Å²) in [6, 6.07) is 4.75. The van der Waals surface area contributed by atoms with Crippen LogP contribution >= 0.6 is 0 Å². The molecule has 3 N–H and O–H groups in total. The third-order valence-corrected chi connectivity index (χ3v) is 1.45. The van der Waals surface area contributed by atoms with Crippen molar-refractivity contribution in [1.82, 2.24) is 4.98 Å². The lowest BCUT2D eigenvalue weighted by Gasteiger charge is -2.08. The van der Waals surface area contributed by atoms with Gasteiger partial charge >= 0.3 is 6.16 Å². The third kappa shape index (κ3) is 3.08. The van der Waals surface area contributed by atoms with E-state index in [1.807, 2.05) is 0 Å². The molecule has 0 saturated carbocycles. The fraction of sp³-hybridized carbons (Fsp3) is 0.250. The maximum atomic E-state index is 10.0. The van der Waals surface area contributed by atoms with E-state index in [0.717, 1.165) is 0 Å². The van der Waals surface area contributed by atoms with Gasteiger partial charge < -0.3 is 15.6 Å². The minimum atomic E-state index is -1.33. The minimum Gasteiger partial charge on any atom is -0.450 e. The van der Waals surface area contributed by atoms with Crippen LogP contribution in [0, 0.1) is 0 Å². The maximum absolute atomic E-state index is 10.0. The van der Waals surface area contributed by atoms with Crippen molar-refractivity contribution < 1.29 is 14.6 Å². The van der Waals surface area contributed by atoms with Gasteiger partial charge in [-0.2, -0.15) is 0 Å². The molecule has 1 heterocycles. The van der Waals surface area contributed by atoms with E-state index in [2.05, 4.69) is 9.72 Å². The average molecular weight is 182 g/mol. The molecule has 13 heavy (non-hydrogen) atoms. The van der Waals surface area contributed by atoms with Gasteiger partial charge in [0.2, 0.25) is 0 Å². The topological polar surface area (TPSA) is 85.4 Å².